The van der Waals surface area contributed by atoms with Gasteiger partial charge in [-0.15, -0.1) is 0 Å². The van der Waals surface area contributed by atoms with Crippen molar-refractivity contribution in [3.63, 3.8) is 0 Å². The monoisotopic (exact) mass is 204 g/mol. The molecule has 1 aromatic heterocycles. The Hall–Kier alpha value is -1.77. The van der Waals surface area contributed by atoms with Crippen LogP contribution in [0.25, 0.3) is 11.0 Å². The molecule has 0 radical (unpaired) electrons. The number of aldehydes is 1. The van der Waals surface area contributed by atoms with Gasteiger partial charge in [0, 0.05) is 0 Å². The fraction of sp³-hybridized carbons (Fsp3) is 0.250. The van der Waals surface area contributed by atoms with E-state index >= 15 is 0 Å². The van der Waals surface area contributed by atoms with Gasteiger partial charge in [0.05, 0.1) is 12.5 Å². The number of carbonyl (C=O) groups is 1. The highest BCUT2D eigenvalue weighted by molar-refractivity contribution is 5.94. The number of ether oxygens (including phenoxy) is 1. The van der Waals surface area contributed by atoms with E-state index in [2.05, 4.69) is 0 Å². The minimum Gasteiger partial charge on any atom is -0.492 e. The second-order valence-electron chi connectivity index (χ2n) is 3.58. The fourth-order valence-electron chi connectivity index (χ4n) is 1.84. The molecular weight excluding hydrogens is 192 g/mol. The van der Waals surface area contributed by atoms with E-state index in [1.54, 1.807) is 0 Å². The maximum Gasteiger partial charge on any atom is 0.209 e. The van der Waals surface area contributed by atoms with Crippen molar-refractivity contribution in [1.29, 1.82) is 0 Å². The van der Waals surface area contributed by atoms with Crippen molar-refractivity contribution in [2.45, 2.75) is 13.8 Å². The van der Waals surface area contributed by atoms with Gasteiger partial charge in [0.15, 0.2) is 12.0 Å². The van der Waals surface area contributed by atoms with E-state index in [1.165, 1.54) is 7.11 Å². The van der Waals surface area contributed by atoms with Crippen molar-refractivity contribution >= 4 is 17.3 Å². The predicted molar refractivity (Wildman–Crippen MR) is 57.6 cm³/mol. The summed E-state index contributed by atoms with van der Waals surface area (Å²) in [5.41, 5.74) is 2.85. The van der Waals surface area contributed by atoms with E-state index in [-0.39, 0.29) is 5.76 Å². The van der Waals surface area contributed by atoms with Gasteiger partial charge in [0.2, 0.25) is 5.76 Å². The van der Waals surface area contributed by atoms with E-state index < -0.39 is 0 Å². The van der Waals surface area contributed by atoms with E-state index in [0.29, 0.717) is 12.0 Å². The number of rotatable bonds is 2. The largest absolute Gasteiger partial charge is 0.492 e. The number of hydrogen-bond donors (Lipinski definition) is 0. The number of carbonyl (C=O) groups excluding carboxylic acids is 1. The summed E-state index contributed by atoms with van der Waals surface area (Å²) >= 11 is 0. The first-order chi connectivity index (χ1) is 7.17. The number of benzene rings is 1. The first-order valence-electron chi connectivity index (χ1n) is 4.70. The fourth-order valence-corrected chi connectivity index (χ4v) is 1.84. The lowest BCUT2D eigenvalue weighted by molar-refractivity contribution is 0.109. The summed E-state index contributed by atoms with van der Waals surface area (Å²) in [4.78, 5) is 10.8. The zero-order valence-electron chi connectivity index (χ0n) is 8.96. The first kappa shape index (κ1) is 9.77. The molecule has 1 aromatic carbocycles. The Balaban J connectivity index is 2.88. The molecule has 0 N–H and O–H groups in total. The zero-order chi connectivity index (χ0) is 11.0. The molecule has 2 rings (SSSR count). The minimum absolute atomic E-state index is 0.251. The SMILES string of the molecule is COc1c(C=O)oc2c(C)cc(C)cc12. The molecule has 0 saturated carbocycles. The topological polar surface area (TPSA) is 39.4 Å². The van der Waals surface area contributed by atoms with Crippen molar-refractivity contribution in [3.8, 4) is 5.75 Å². The number of furan rings is 1. The molecule has 0 spiro atoms. The third-order valence-electron chi connectivity index (χ3n) is 2.41. The second-order valence-corrected chi connectivity index (χ2v) is 3.58. The Morgan fingerprint density at radius 3 is 2.67 bits per heavy atom. The van der Waals surface area contributed by atoms with Crippen LogP contribution in [-0.4, -0.2) is 13.4 Å². The van der Waals surface area contributed by atoms with Crippen LogP contribution in [-0.2, 0) is 0 Å². The van der Waals surface area contributed by atoms with E-state index in [1.807, 2.05) is 26.0 Å². The Labute approximate surface area is 87.6 Å². The summed E-state index contributed by atoms with van der Waals surface area (Å²) in [5.74, 6) is 0.771. The molecule has 0 unspecified atom stereocenters. The van der Waals surface area contributed by atoms with Gasteiger partial charge in [-0.1, -0.05) is 6.07 Å². The molecule has 2 aromatic rings. The van der Waals surface area contributed by atoms with Crippen molar-refractivity contribution in [2.24, 2.45) is 0 Å². The highest BCUT2D eigenvalue weighted by Crippen LogP contribution is 2.34. The van der Waals surface area contributed by atoms with Crippen molar-refractivity contribution in [1.82, 2.24) is 0 Å². The van der Waals surface area contributed by atoms with Gasteiger partial charge in [-0.05, 0) is 31.0 Å². The van der Waals surface area contributed by atoms with Gasteiger partial charge >= 0.3 is 0 Å². The third kappa shape index (κ3) is 1.40. The molecule has 1 heterocycles. The van der Waals surface area contributed by atoms with Crippen molar-refractivity contribution in [2.75, 3.05) is 7.11 Å². The molecule has 0 atom stereocenters. The molecule has 78 valence electrons. The van der Waals surface area contributed by atoms with Gasteiger partial charge in [0.1, 0.15) is 5.58 Å². The maximum atomic E-state index is 10.8. The predicted octanol–water partition coefficient (Wildman–Crippen LogP) is 2.87. The summed E-state index contributed by atoms with van der Waals surface area (Å²) in [7, 11) is 1.54. The highest BCUT2D eigenvalue weighted by atomic mass is 16.5. The molecule has 3 heteroatoms. The van der Waals surface area contributed by atoms with Gasteiger partial charge in [-0.3, -0.25) is 4.79 Å². The van der Waals surface area contributed by atoms with E-state index in [0.717, 1.165) is 22.1 Å². The Morgan fingerprint density at radius 1 is 1.33 bits per heavy atom. The van der Waals surface area contributed by atoms with Crippen LogP contribution < -0.4 is 4.74 Å². The number of methoxy groups -OCH3 is 1. The zero-order valence-corrected chi connectivity index (χ0v) is 8.96. The van der Waals surface area contributed by atoms with Crippen molar-refractivity contribution in [3.05, 3.63) is 29.0 Å². The van der Waals surface area contributed by atoms with Gasteiger partial charge in [-0.2, -0.15) is 0 Å². The molecule has 0 bridgehead atoms. The quantitative estimate of drug-likeness (QED) is 0.706. The number of hydrogen-bond acceptors (Lipinski definition) is 3. The second kappa shape index (κ2) is 3.42. The molecule has 0 aliphatic carbocycles. The standard InChI is InChI=1S/C12H12O3/c1-7-4-8(2)11-9(5-7)12(14-3)10(6-13)15-11/h4-6H,1-3H3. The molecule has 15 heavy (non-hydrogen) atoms. The highest BCUT2D eigenvalue weighted by Gasteiger charge is 2.15. The first-order valence-corrected chi connectivity index (χ1v) is 4.70. The van der Waals surface area contributed by atoms with Crippen LogP contribution in [0, 0.1) is 13.8 Å². The molecule has 0 aliphatic heterocycles. The van der Waals surface area contributed by atoms with Crippen LogP contribution in [0.5, 0.6) is 5.75 Å². The summed E-state index contributed by atoms with van der Waals surface area (Å²) in [6.45, 7) is 3.95. The molecule has 0 amide bonds. The molecule has 0 fully saturated rings. The van der Waals surface area contributed by atoms with Crippen LogP contribution in [0.1, 0.15) is 21.7 Å². The van der Waals surface area contributed by atoms with Gasteiger partial charge in [0.25, 0.3) is 0 Å². The van der Waals surface area contributed by atoms with E-state index in [9.17, 15) is 4.79 Å². The molecule has 3 nitrogen and oxygen atoms in total. The smallest absolute Gasteiger partial charge is 0.209 e. The van der Waals surface area contributed by atoms with Crippen LogP contribution in [0.4, 0.5) is 0 Å². The lowest BCUT2D eigenvalue weighted by Crippen LogP contribution is -1.85. The van der Waals surface area contributed by atoms with Gasteiger partial charge in [-0.25, -0.2) is 0 Å². The maximum absolute atomic E-state index is 10.8. The van der Waals surface area contributed by atoms with Crippen LogP contribution in [0.3, 0.4) is 0 Å². The Morgan fingerprint density at radius 2 is 2.07 bits per heavy atom. The average Bonchev–Trinajstić information content (AvgIpc) is 2.55. The summed E-state index contributed by atoms with van der Waals surface area (Å²) in [6, 6.07) is 3.97. The van der Waals surface area contributed by atoms with Crippen LogP contribution in [0.2, 0.25) is 0 Å². The van der Waals surface area contributed by atoms with Crippen molar-refractivity contribution < 1.29 is 13.9 Å². The lowest BCUT2D eigenvalue weighted by atomic mass is 10.1. The van der Waals surface area contributed by atoms with Crippen LogP contribution >= 0.6 is 0 Å². The third-order valence-corrected chi connectivity index (χ3v) is 2.41. The number of aryl methyl sites for hydroxylation is 2. The Kier molecular flexibility index (Phi) is 2.23. The van der Waals surface area contributed by atoms with Crippen LogP contribution in [0.15, 0.2) is 16.5 Å². The molecule has 0 saturated heterocycles. The summed E-state index contributed by atoms with van der Waals surface area (Å²) < 4.78 is 10.6. The number of fused-ring (bicyclic) bond motifs is 1. The molecule has 0 aliphatic rings. The molecular formula is C12H12O3. The normalized spacial score (nSPS) is 10.6. The lowest BCUT2D eigenvalue weighted by Gasteiger charge is -1.99. The summed E-state index contributed by atoms with van der Waals surface area (Å²) in [5, 5.41) is 0.858. The average molecular weight is 204 g/mol. The van der Waals surface area contributed by atoms with Gasteiger partial charge < -0.3 is 9.15 Å². The summed E-state index contributed by atoms with van der Waals surface area (Å²) in [6.07, 6.45) is 0.674. The Bertz CT molecular complexity index is 523. The van der Waals surface area contributed by atoms with E-state index in [4.69, 9.17) is 9.15 Å². The minimum atomic E-state index is 0.251.